The van der Waals surface area contributed by atoms with E-state index in [1.165, 1.54) is 12.3 Å². The van der Waals surface area contributed by atoms with E-state index in [1.807, 2.05) is 32.0 Å². The number of hydrogen-bond acceptors (Lipinski definition) is 4. The molecular weight excluding hydrogens is 310 g/mol. The number of urea groups is 1. The first-order chi connectivity index (χ1) is 11.4. The van der Waals surface area contributed by atoms with Crippen LogP contribution in [0.3, 0.4) is 0 Å². The van der Waals surface area contributed by atoms with Gasteiger partial charge in [-0.15, -0.1) is 0 Å². The average molecular weight is 331 g/mol. The van der Waals surface area contributed by atoms with E-state index in [1.54, 1.807) is 14.0 Å². The number of amides is 3. The first-order valence-corrected chi connectivity index (χ1v) is 7.48. The molecule has 0 aliphatic carbocycles. The summed E-state index contributed by atoms with van der Waals surface area (Å²) < 4.78 is 10.4. The number of benzene rings is 1. The van der Waals surface area contributed by atoms with Crippen molar-refractivity contribution in [2.75, 3.05) is 7.11 Å². The Morgan fingerprint density at radius 1 is 1.17 bits per heavy atom. The van der Waals surface area contributed by atoms with Gasteiger partial charge >= 0.3 is 6.03 Å². The van der Waals surface area contributed by atoms with E-state index < -0.39 is 11.9 Å². The molecule has 3 amide bonds. The van der Waals surface area contributed by atoms with E-state index in [-0.39, 0.29) is 6.04 Å². The van der Waals surface area contributed by atoms with E-state index in [0.29, 0.717) is 17.1 Å². The Hall–Kier alpha value is -2.96. The van der Waals surface area contributed by atoms with Crippen molar-refractivity contribution in [3.63, 3.8) is 0 Å². The number of hydrazine groups is 1. The van der Waals surface area contributed by atoms with Gasteiger partial charge in [-0.25, -0.2) is 10.2 Å². The van der Waals surface area contributed by atoms with Crippen LogP contribution in [0, 0.1) is 13.8 Å². The lowest BCUT2D eigenvalue weighted by Crippen LogP contribution is -2.47. The number of carbonyl (C=O) groups is 2. The van der Waals surface area contributed by atoms with Gasteiger partial charge in [-0.1, -0.05) is 17.7 Å². The zero-order valence-corrected chi connectivity index (χ0v) is 14.1. The number of rotatable bonds is 4. The van der Waals surface area contributed by atoms with Crippen LogP contribution in [-0.4, -0.2) is 19.0 Å². The Balaban J connectivity index is 1.94. The maximum atomic E-state index is 12.0. The molecule has 1 atom stereocenters. The number of carbonyl (C=O) groups excluding carboxylic acids is 2. The molecule has 1 heterocycles. The summed E-state index contributed by atoms with van der Waals surface area (Å²) in [6, 6.07) is 6.43. The van der Waals surface area contributed by atoms with Gasteiger partial charge in [0.1, 0.15) is 11.5 Å². The number of furan rings is 1. The van der Waals surface area contributed by atoms with Gasteiger partial charge in [0.25, 0.3) is 5.91 Å². The summed E-state index contributed by atoms with van der Waals surface area (Å²) in [6.07, 6.45) is 1.41. The van der Waals surface area contributed by atoms with Crippen molar-refractivity contribution in [2.45, 2.75) is 26.8 Å². The van der Waals surface area contributed by atoms with Crippen LogP contribution in [0.5, 0.6) is 5.75 Å². The lowest BCUT2D eigenvalue weighted by Gasteiger charge is -2.18. The second-order valence-electron chi connectivity index (χ2n) is 5.41. The minimum Gasteiger partial charge on any atom is -0.496 e. The highest BCUT2D eigenvalue weighted by molar-refractivity contribution is 5.96. The molecule has 0 fully saturated rings. The van der Waals surface area contributed by atoms with Crippen molar-refractivity contribution in [3.8, 4) is 5.75 Å². The van der Waals surface area contributed by atoms with E-state index in [9.17, 15) is 9.59 Å². The SMILES string of the molecule is COc1ccc(C)cc1C(C)NC(=O)NNC(=O)c1ccoc1C. The maximum absolute atomic E-state index is 12.0. The minimum absolute atomic E-state index is 0.299. The Labute approximate surface area is 140 Å². The van der Waals surface area contributed by atoms with Crippen LogP contribution in [0.2, 0.25) is 0 Å². The number of hydrogen-bond donors (Lipinski definition) is 3. The van der Waals surface area contributed by atoms with Gasteiger partial charge in [0.15, 0.2) is 0 Å². The predicted octanol–water partition coefficient (Wildman–Crippen LogP) is 2.61. The Kier molecular flexibility index (Phi) is 5.47. The Morgan fingerprint density at radius 2 is 1.92 bits per heavy atom. The molecule has 1 aromatic heterocycles. The molecule has 1 unspecified atom stereocenters. The topological polar surface area (TPSA) is 92.6 Å². The van der Waals surface area contributed by atoms with E-state index in [0.717, 1.165) is 11.1 Å². The number of ether oxygens (including phenoxy) is 1. The fraction of sp³-hybridized carbons (Fsp3) is 0.294. The van der Waals surface area contributed by atoms with Gasteiger partial charge in [0.05, 0.1) is 25.0 Å². The van der Waals surface area contributed by atoms with Crippen LogP contribution in [0.15, 0.2) is 34.9 Å². The summed E-state index contributed by atoms with van der Waals surface area (Å²) in [7, 11) is 1.58. The number of methoxy groups -OCH3 is 1. The third-order valence-electron chi connectivity index (χ3n) is 3.59. The van der Waals surface area contributed by atoms with E-state index in [4.69, 9.17) is 9.15 Å². The molecular formula is C17H21N3O4. The first kappa shape index (κ1) is 17.4. The average Bonchev–Trinajstić information content (AvgIpc) is 2.98. The highest BCUT2D eigenvalue weighted by Crippen LogP contribution is 2.25. The molecule has 7 nitrogen and oxygen atoms in total. The molecule has 128 valence electrons. The summed E-state index contributed by atoms with van der Waals surface area (Å²) in [4.78, 5) is 23.9. The molecule has 0 aliphatic heterocycles. The first-order valence-electron chi connectivity index (χ1n) is 7.48. The van der Waals surface area contributed by atoms with Crippen LogP contribution in [-0.2, 0) is 0 Å². The Morgan fingerprint density at radius 3 is 2.54 bits per heavy atom. The quantitative estimate of drug-likeness (QED) is 0.751. The molecule has 0 radical (unpaired) electrons. The molecule has 7 heteroatoms. The molecule has 1 aromatic carbocycles. The monoisotopic (exact) mass is 331 g/mol. The van der Waals surface area contributed by atoms with Crippen molar-refractivity contribution in [1.29, 1.82) is 0 Å². The van der Waals surface area contributed by atoms with Gasteiger partial charge in [0.2, 0.25) is 0 Å². The minimum atomic E-state index is -0.527. The van der Waals surface area contributed by atoms with Crippen molar-refractivity contribution >= 4 is 11.9 Å². The van der Waals surface area contributed by atoms with Crippen molar-refractivity contribution in [2.24, 2.45) is 0 Å². The summed E-state index contributed by atoms with van der Waals surface area (Å²) in [6.45, 7) is 5.46. The van der Waals surface area contributed by atoms with Gasteiger partial charge in [0, 0.05) is 5.56 Å². The highest BCUT2D eigenvalue weighted by Gasteiger charge is 2.16. The fourth-order valence-electron chi connectivity index (χ4n) is 2.30. The largest absolute Gasteiger partial charge is 0.496 e. The molecule has 2 aromatic rings. The molecule has 0 spiro atoms. The summed E-state index contributed by atoms with van der Waals surface area (Å²) in [5, 5.41) is 2.75. The van der Waals surface area contributed by atoms with Crippen LogP contribution < -0.4 is 20.9 Å². The van der Waals surface area contributed by atoms with Gasteiger partial charge in [-0.3, -0.25) is 10.2 Å². The highest BCUT2D eigenvalue weighted by atomic mass is 16.5. The standard InChI is InChI=1S/C17H21N3O4/c1-10-5-6-15(23-4)14(9-10)11(2)18-17(22)20-19-16(21)13-7-8-24-12(13)3/h5-9,11H,1-4H3,(H,19,21)(H2,18,20,22). The second kappa shape index (κ2) is 7.54. The second-order valence-corrected chi connectivity index (χ2v) is 5.41. The lowest BCUT2D eigenvalue weighted by molar-refractivity contribution is 0.0934. The third kappa shape index (κ3) is 4.07. The zero-order chi connectivity index (χ0) is 17.7. The summed E-state index contributed by atoms with van der Waals surface area (Å²) in [5.74, 6) is 0.719. The molecule has 3 N–H and O–H groups in total. The van der Waals surface area contributed by atoms with Gasteiger partial charge in [-0.2, -0.15) is 0 Å². The smallest absolute Gasteiger partial charge is 0.333 e. The maximum Gasteiger partial charge on any atom is 0.333 e. The third-order valence-corrected chi connectivity index (χ3v) is 3.59. The molecule has 24 heavy (non-hydrogen) atoms. The molecule has 0 bridgehead atoms. The molecule has 0 saturated carbocycles. The van der Waals surface area contributed by atoms with Crippen LogP contribution in [0.25, 0.3) is 0 Å². The van der Waals surface area contributed by atoms with Crippen LogP contribution in [0.4, 0.5) is 4.79 Å². The van der Waals surface area contributed by atoms with Crippen molar-refractivity contribution in [3.05, 3.63) is 53.0 Å². The fourth-order valence-corrected chi connectivity index (χ4v) is 2.30. The molecule has 2 rings (SSSR count). The normalized spacial score (nSPS) is 11.5. The van der Waals surface area contributed by atoms with Crippen LogP contribution >= 0.6 is 0 Å². The van der Waals surface area contributed by atoms with E-state index >= 15 is 0 Å². The Bertz CT molecular complexity index is 739. The van der Waals surface area contributed by atoms with E-state index in [2.05, 4.69) is 16.2 Å². The van der Waals surface area contributed by atoms with Crippen molar-refractivity contribution in [1.82, 2.24) is 16.2 Å². The number of nitrogens with one attached hydrogen (secondary N) is 3. The summed E-state index contributed by atoms with van der Waals surface area (Å²) >= 11 is 0. The molecule has 0 saturated heterocycles. The summed E-state index contributed by atoms with van der Waals surface area (Å²) in [5.41, 5.74) is 6.92. The van der Waals surface area contributed by atoms with Gasteiger partial charge in [-0.05, 0) is 32.9 Å². The zero-order valence-electron chi connectivity index (χ0n) is 14.1. The lowest BCUT2D eigenvalue weighted by atomic mass is 10.0. The van der Waals surface area contributed by atoms with Crippen LogP contribution in [0.1, 0.15) is 40.2 Å². The van der Waals surface area contributed by atoms with Gasteiger partial charge < -0.3 is 14.5 Å². The van der Waals surface area contributed by atoms with Crippen molar-refractivity contribution < 1.29 is 18.7 Å². The number of aryl methyl sites for hydroxylation is 2. The predicted molar refractivity (Wildman–Crippen MR) is 88.7 cm³/mol. The molecule has 0 aliphatic rings.